The van der Waals surface area contributed by atoms with Crippen molar-refractivity contribution in [3.05, 3.63) is 59.7 Å². The number of carbonyl (C=O) groups is 1. The summed E-state index contributed by atoms with van der Waals surface area (Å²) in [4.78, 5) is 15.0. The van der Waals surface area contributed by atoms with Gasteiger partial charge in [-0.2, -0.15) is 5.26 Å². The Hall–Kier alpha value is -2.73. The minimum absolute atomic E-state index is 0.131. The van der Waals surface area contributed by atoms with E-state index in [1.54, 1.807) is 48.5 Å². The molecule has 1 amide bonds. The first kappa shape index (κ1) is 22.9. The van der Waals surface area contributed by atoms with E-state index in [0.29, 0.717) is 24.3 Å². The molecule has 1 aliphatic rings. The second-order valence-electron chi connectivity index (χ2n) is 8.03. The summed E-state index contributed by atoms with van der Waals surface area (Å²) < 4.78 is 27.8. The predicted octanol–water partition coefficient (Wildman–Crippen LogP) is 2.88. The molecular formula is C23H28N4O3S. The topological polar surface area (TPSA) is 102 Å². The first-order valence-corrected chi connectivity index (χ1v) is 11.9. The SMILES string of the molecule is Cc1ccc(S(=O)(=O)NCC2CCCN(C(C)C(=O)Nc3cccc(C#N)c3)C2)cc1. The Morgan fingerprint density at radius 2 is 2.00 bits per heavy atom. The first-order chi connectivity index (χ1) is 14.8. The molecule has 0 aliphatic carbocycles. The van der Waals surface area contributed by atoms with Gasteiger partial charge in [0, 0.05) is 18.8 Å². The van der Waals surface area contributed by atoms with Crippen LogP contribution >= 0.6 is 0 Å². The van der Waals surface area contributed by atoms with Crippen molar-refractivity contribution in [1.29, 1.82) is 5.26 Å². The van der Waals surface area contributed by atoms with Crippen molar-refractivity contribution < 1.29 is 13.2 Å². The Balaban J connectivity index is 1.56. The number of piperidine rings is 1. The second-order valence-corrected chi connectivity index (χ2v) is 9.79. The molecule has 164 valence electrons. The van der Waals surface area contributed by atoms with E-state index in [1.165, 1.54) is 0 Å². The van der Waals surface area contributed by atoms with Gasteiger partial charge in [0.05, 0.1) is 22.6 Å². The zero-order valence-corrected chi connectivity index (χ0v) is 18.7. The van der Waals surface area contributed by atoms with Crippen molar-refractivity contribution >= 4 is 21.6 Å². The van der Waals surface area contributed by atoms with Gasteiger partial charge in [0.1, 0.15) is 0 Å². The third-order valence-electron chi connectivity index (χ3n) is 5.63. The summed E-state index contributed by atoms with van der Waals surface area (Å²) in [7, 11) is -3.55. The number of amides is 1. The number of aryl methyl sites for hydroxylation is 1. The van der Waals surface area contributed by atoms with Gasteiger partial charge in [0.15, 0.2) is 0 Å². The van der Waals surface area contributed by atoms with Gasteiger partial charge in [0.2, 0.25) is 15.9 Å². The Labute approximate surface area is 184 Å². The van der Waals surface area contributed by atoms with Crippen LogP contribution in [0.1, 0.15) is 30.9 Å². The van der Waals surface area contributed by atoms with E-state index in [1.807, 2.05) is 13.8 Å². The lowest BCUT2D eigenvalue weighted by Crippen LogP contribution is -2.48. The third-order valence-corrected chi connectivity index (χ3v) is 7.07. The summed E-state index contributed by atoms with van der Waals surface area (Å²) in [5, 5.41) is 11.9. The maximum atomic E-state index is 12.7. The van der Waals surface area contributed by atoms with Crippen LogP contribution < -0.4 is 10.0 Å². The molecule has 2 N–H and O–H groups in total. The summed E-state index contributed by atoms with van der Waals surface area (Å²) in [5.74, 6) is -0.0119. The molecule has 8 heteroatoms. The Bertz CT molecular complexity index is 1060. The lowest BCUT2D eigenvalue weighted by Gasteiger charge is -2.36. The molecule has 1 heterocycles. The zero-order valence-electron chi connectivity index (χ0n) is 17.8. The van der Waals surface area contributed by atoms with Crippen LogP contribution in [0.15, 0.2) is 53.4 Å². The van der Waals surface area contributed by atoms with E-state index < -0.39 is 10.0 Å². The maximum Gasteiger partial charge on any atom is 0.241 e. The van der Waals surface area contributed by atoms with E-state index >= 15 is 0 Å². The minimum atomic E-state index is -3.55. The Kier molecular flexibility index (Phi) is 7.44. The molecule has 31 heavy (non-hydrogen) atoms. The van der Waals surface area contributed by atoms with Gasteiger partial charge in [-0.25, -0.2) is 13.1 Å². The maximum absolute atomic E-state index is 12.7. The van der Waals surface area contributed by atoms with Crippen molar-refractivity contribution in [2.45, 2.75) is 37.6 Å². The van der Waals surface area contributed by atoms with Gasteiger partial charge >= 0.3 is 0 Å². The molecule has 0 bridgehead atoms. The minimum Gasteiger partial charge on any atom is -0.325 e. The molecule has 1 fully saturated rings. The highest BCUT2D eigenvalue weighted by Gasteiger charge is 2.28. The first-order valence-electron chi connectivity index (χ1n) is 10.4. The molecule has 3 rings (SSSR count). The zero-order chi connectivity index (χ0) is 22.4. The van der Waals surface area contributed by atoms with Crippen molar-refractivity contribution in [2.24, 2.45) is 5.92 Å². The molecule has 2 aromatic rings. The van der Waals surface area contributed by atoms with Crippen LogP contribution in [0.2, 0.25) is 0 Å². The second kappa shape index (κ2) is 10.1. The summed E-state index contributed by atoms with van der Waals surface area (Å²) in [6.07, 6.45) is 1.81. The molecule has 0 spiro atoms. The van der Waals surface area contributed by atoms with Gasteiger partial charge in [-0.1, -0.05) is 23.8 Å². The quantitative estimate of drug-likeness (QED) is 0.689. The number of rotatable bonds is 7. The number of anilines is 1. The highest BCUT2D eigenvalue weighted by Crippen LogP contribution is 2.20. The van der Waals surface area contributed by atoms with Crippen LogP contribution in [0.4, 0.5) is 5.69 Å². The fraction of sp³-hybridized carbons (Fsp3) is 0.391. The van der Waals surface area contributed by atoms with Crippen LogP contribution in [0.25, 0.3) is 0 Å². The summed E-state index contributed by atoms with van der Waals surface area (Å²) in [6.45, 7) is 5.53. The molecule has 0 radical (unpaired) electrons. The van der Waals surface area contributed by atoms with E-state index in [-0.39, 0.29) is 22.8 Å². The number of benzene rings is 2. The van der Waals surface area contributed by atoms with Crippen molar-refractivity contribution in [2.75, 3.05) is 25.0 Å². The number of carbonyl (C=O) groups excluding carboxylic acids is 1. The van der Waals surface area contributed by atoms with Gasteiger partial charge in [-0.3, -0.25) is 9.69 Å². The molecule has 2 atom stereocenters. The van der Waals surface area contributed by atoms with Crippen molar-refractivity contribution in [3.63, 3.8) is 0 Å². The number of hydrogen-bond donors (Lipinski definition) is 2. The van der Waals surface area contributed by atoms with E-state index in [4.69, 9.17) is 5.26 Å². The molecule has 0 saturated carbocycles. The average molecular weight is 441 g/mol. The highest BCUT2D eigenvalue weighted by atomic mass is 32.2. The number of sulfonamides is 1. The van der Waals surface area contributed by atoms with Gasteiger partial charge in [-0.15, -0.1) is 0 Å². The predicted molar refractivity (Wildman–Crippen MR) is 120 cm³/mol. The standard InChI is InChI=1S/C23H28N4O3S/c1-17-8-10-22(11-9-17)31(29,30)25-15-20-6-4-12-27(16-20)18(2)23(28)26-21-7-3-5-19(13-21)14-24/h3,5,7-11,13,18,20,25H,4,6,12,15-16H2,1-2H3,(H,26,28). The molecule has 2 aromatic carbocycles. The number of nitriles is 1. The fourth-order valence-electron chi connectivity index (χ4n) is 3.72. The van der Waals surface area contributed by atoms with Crippen LogP contribution in [-0.4, -0.2) is 44.9 Å². The highest BCUT2D eigenvalue weighted by molar-refractivity contribution is 7.89. The third kappa shape index (κ3) is 6.14. The van der Waals surface area contributed by atoms with Crippen LogP contribution in [-0.2, 0) is 14.8 Å². The van der Waals surface area contributed by atoms with Gasteiger partial charge in [-0.05, 0) is 69.5 Å². The molecule has 1 saturated heterocycles. The number of hydrogen-bond acceptors (Lipinski definition) is 5. The Morgan fingerprint density at radius 1 is 1.26 bits per heavy atom. The summed E-state index contributed by atoms with van der Waals surface area (Å²) >= 11 is 0. The lowest BCUT2D eigenvalue weighted by molar-refractivity contribution is -0.121. The summed E-state index contributed by atoms with van der Waals surface area (Å²) in [6, 6.07) is 15.3. The number of likely N-dealkylation sites (tertiary alicyclic amines) is 1. The molecule has 2 unspecified atom stereocenters. The Morgan fingerprint density at radius 3 is 2.71 bits per heavy atom. The molecule has 1 aliphatic heterocycles. The fourth-order valence-corrected chi connectivity index (χ4v) is 4.84. The van der Waals surface area contributed by atoms with Crippen LogP contribution in [0.3, 0.4) is 0 Å². The number of nitrogens with one attached hydrogen (secondary N) is 2. The normalized spacial score (nSPS) is 18.2. The smallest absolute Gasteiger partial charge is 0.241 e. The molecule has 7 nitrogen and oxygen atoms in total. The van der Waals surface area contributed by atoms with Gasteiger partial charge in [0.25, 0.3) is 0 Å². The van der Waals surface area contributed by atoms with Crippen LogP contribution in [0.5, 0.6) is 0 Å². The lowest BCUT2D eigenvalue weighted by atomic mass is 9.97. The van der Waals surface area contributed by atoms with Crippen LogP contribution in [0, 0.1) is 24.2 Å². The van der Waals surface area contributed by atoms with E-state index in [0.717, 1.165) is 24.9 Å². The van der Waals surface area contributed by atoms with Gasteiger partial charge < -0.3 is 5.32 Å². The molecular weight excluding hydrogens is 412 g/mol. The van der Waals surface area contributed by atoms with Crippen molar-refractivity contribution in [1.82, 2.24) is 9.62 Å². The van der Waals surface area contributed by atoms with E-state index in [2.05, 4.69) is 21.0 Å². The largest absolute Gasteiger partial charge is 0.325 e. The monoisotopic (exact) mass is 440 g/mol. The average Bonchev–Trinajstić information content (AvgIpc) is 2.78. The number of nitrogens with zero attached hydrogens (tertiary/aromatic N) is 2. The molecule has 0 aromatic heterocycles. The van der Waals surface area contributed by atoms with Crippen molar-refractivity contribution in [3.8, 4) is 6.07 Å². The summed E-state index contributed by atoms with van der Waals surface area (Å²) in [5.41, 5.74) is 2.09. The van der Waals surface area contributed by atoms with E-state index in [9.17, 15) is 13.2 Å².